The summed E-state index contributed by atoms with van der Waals surface area (Å²) in [6, 6.07) is 5.50. The second-order valence-corrected chi connectivity index (χ2v) is 7.05. The van der Waals surface area contributed by atoms with Gasteiger partial charge in [0, 0.05) is 29.4 Å². The number of carbonyl (C=O) groups excluding carboxylic acids is 1. The smallest absolute Gasteiger partial charge is 0.239 e. The predicted molar refractivity (Wildman–Crippen MR) is 110 cm³/mol. The van der Waals surface area contributed by atoms with Crippen molar-refractivity contribution in [1.82, 2.24) is 24.6 Å². The van der Waals surface area contributed by atoms with Gasteiger partial charge in [-0.15, -0.1) is 0 Å². The number of rotatable bonds is 5. The average Bonchev–Trinajstić information content (AvgIpc) is 3.32. The molecule has 3 aromatic heterocycles. The standard InChI is InChI=1S/C18H17B3N6O/c19-18(20,21)27-10-13(9-23-27)14-4-3-12-8-22-16(7-15(12)24-14)25-17(28)11-26-5-1-2-6-26/h3-4,7-10H,1-2,5-6,11H2,(H,22,25,28). The van der Waals surface area contributed by atoms with E-state index in [1.165, 1.54) is 4.68 Å². The topological polar surface area (TPSA) is 75.9 Å². The molecular weight excluding hydrogens is 349 g/mol. The van der Waals surface area contributed by atoms with Crippen LogP contribution in [0.2, 0.25) is 0 Å². The van der Waals surface area contributed by atoms with Gasteiger partial charge in [-0.3, -0.25) is 14.4 Å². The van der Waals surface area contributed by atoms with E-state index in [1.807, 2.05) is 12.1 Å². The van der Waals surface area contributed by atoms with Crippen LogP contribution in [0.1, 0.15) is 12.8 Å². The quantitative estimate of drug-likeness (QED) is 0.670. The summed E-state index contributed by atoms with van der Waals surface area (Å²) in [5.74, 6) is 0.401. The Labute approximate surface area is 167 Å². The van der Waals surface area contributed by atoms with Gasteiger partial charge in [0.05, 0.1) is 47.5 Å². The average molecular weight is 366 g/mol. The number of carbonyl (C=O) groups is 1. The molecule has 0 aliphatic carbocycles. The first-order valence-electron chi connectivity index (χ1n) is 9.10. The van der Waals surface area contributed by atoms with Crippen LogP contribution in [-0.4, -0.2) is 73.7 Å². The summed E-state index contributed by atoms with van der Waals surface area (Å²) in [6.45, 7) is 2.31. The van der Waals surface area contributed by atoms with Crippen molar-refractivity contribution in [1.29, 1.82) is 0 Å². The van der Waals surface area contributed by atoms with Gasteiger partial charge in [-0.2, -0.15) is 5.10 Å². The van der Waals surface area contributed by atoms with Gasteiger partial charge in [0.1, 0.15) is 5.82 Å². The normalized spacial score (nSPS) is 15.1. The van der Waals surface area contributed by atoms with Gasteiger partial charge in [-0.25, -0.2) is 9.97 Å². The van der Waals surface area contributed by atoms with Crippen LogP contribution in [-0.2, 0) is 10.0 Å². The summed E-state index contributed by atoms with van der Waals surface area (Å²) in [5, 5.41) is 6.21. The van der Waals surface area contributed by atoms with Crippen molar-refractivity contribution in [3.05, 3.63) is 36.8 Å². The van der Waals surface area contributed by atoms with Gasteiger partial charge in [-0.05, 0) is 43.3 Å². The molecule has 4 heterocycles. The second-order valence-electron chi connectivity index (χ2n) is 7.05. The number of anilines is 1. The van der Waals surface area contributed by atoms with Crippen molar-refractivity contribution in [3.8, 4) is 11.3 Å². The molecule has 6 radical (unpaired) electrons. The summed E-state index contributed by atoms with van der Waals surface area (Å²) >= 11 is 0. The van der Waals surface area contributed by atoms with Crippen LogP contribution in [0.25, 0.3) is 22.2 Å². The third-order valence-corrected chi connectivity index (χ3v) is 4.68. The third kappa shape index (κ3) is 4.12. The molecule has 3 aromatic rings. The Morgan fingerprint density at radius 3 is 2.68 bits per heavy atom. The molecule has 4 rings (SSSR count). The predicted octanol–water partition coefficient (Wildman–Crippen LogP) is 0.601. The zero-order valence-corrected chi connectivity index (χ0v) is 15.4. The minimum absolute atomic E-state index is 0.0728. The summed E-state index contributed by atoms with van der Waals surface area (Å²) < 4.78 is 1.27. The molecule has 0 spiro atoms. The Bertz CT molecular complexity index is 1010. The highest BCUT2D eigenvalue weighted by atomic mass is 16.2. The van der Waals surface area contributed by atoms with Crippen molar-refractivity contribution in [2.45, 2.75) is 18.1 Å². The monoisotopic (exact) mass is 366 g/mol. The lowest BCUT2D eigenvalue weighted by molar-refractivity contribution is -0.117. The Balaban J connectivity index is 1.55. The van der Waals surface area contributed by atoms with Crippen molar-refractivity contribution in [2.75, 3.05) is 25.0 Å². The van der Waals surface area contributed by atoms with E-state index in [4.69, 9.17) is 23.5 Å². The molecule has 1 aliphatic heterocycles. The highest BCUT2D eigenvalue weighted by Crippen LogP contribution is 2.22. The molecule has 1 aliphatic rings. The number of hydrogen-bond acceptors (Lipinski definition) is 5. The van der Waals surface area contributed by atoms with Crippen molar-refractivity contribution < 1.29 is 4.79 Å². The summed E-state index contributed by atoms with van der Waals surface area (Å²) in [4.78, 5) is 23.3. The number of aromatic nitrogens is 4. The van der Waals surface area contributed by atoms with Gasteiger partial charge in [0.2, 0.25) is 5.91 Å². The van der Waals surface area contributed by atoms with Crippen LogP contribution < -0.4 is 5.32 Å². The Hall–Kier alpha value is -2.61. The first-order valence-corrected chi connectivity index (χ1v) is 9.10. The fourth-order valence-corrected chi connectivity index (χ4v) is 3.24. The maximum atomic E-state index is 12.2. The molecule has 0 aromatic carbocycles. The van der Waals surface area contributed by atoms with Gasteiger partial charge in [0.15, 0.2) is 0 Å². The number of nitrogens with zero attached hydrogens (tertiary/aromatic N) is 5. The van der Waals surface area contributed by atoms with E-state index >= 15 is 0 Å². The third-order valence-electron chi connectivity index (χ3n) is 4.68. The molecule has 1 amide bonds. The number of amides is 1. The van der Waals surface area contributed by atoms with E-state index in [1.54, 1.807) is 24.7 Å². The largest absolute Gasteiger partial charge is 0.310 e. The minimum Gasteiger partial charge on any atom is -0.310 e. The lowest BCUT2D eigenvalue weighted by Gasteiger charge is -2.20. The van der Waals surface area contributed by atoms with Crippen LogP contribution in [0.3, 0.4) is 0 Å². The molecule has 7 nitrogen and oxygen atoms in total. The van der Waals surface area contributed by atoms with Gasteiger partial charge in [-0.1, -0.05) is 0 Å². The lowest BCUT2D eigenvalue weighted by atomic mass is 9.49. The van der Waals surface area contributed by atoms with Crippen molar-refractivity contribution >= 4 is 46.2 Å². The zero-order valence-electron chi connectivity index (χ0n) is 15.4. The van der Waals surface area contributed by atoms with E-state index in [-0.39, 0.29) is 5.91 Å². The Morgan fingerprint density at radius 1 is 1.18 bits per heavy atom. The Morgan fingerprint density at radius 2 is 1.96 bits per heavy atom. The van der Waals surface area contributed by atoms with E-state index < -0.39 is 5.24 Å². The first-order chi connectivity index (χ1) is 13.4. The number of nitrogens with one attached hydrogen (secondary N) is 1. The molecule has 0 unspecified atom stereocenters. The number of likely N-dealkylation sites (tertiary alicyclic amines) is 1. The Kier molecular flexibility index (Phi) is 4.97. The van der Waals surface area contributed by atoms with Crippen LogP contribution >= 0.6 is 0 Å². The van der Waals surface area contributed by atoms with Gasteiger partial charge >= 0.3 is 0 Å². The van der Waals surface area contributed by atoms with Crippen LogP contribution in [0.5, 0.6) is 0 Å². The summed E-state index contributed by atoms with van der Waals surface area (Å²) in [6.07, 6.45) is 7.20. The second kappa shape index (κ2) is 7.43. The minimum atomic E-state index is -1.58. The molecule has 1 fully saturated rings. The van der Waals surface area contributed by atoms with E-state index in [0.29, 0.717) is 23.6 Å². The lowest BCUT2D eigenvalue weighted by Crippen LogP contribution is -2.35. The fraction of sp³-hybridized carbons (Fsp3) is 0.333. The van der Waals surface area contributed by atoms with E-state index in [9.17, 15) is 4.79 Å². The molecular formula is C18H17B3N6O. The summed E-state index contributed by atoms with van der Waals surface area (Å²) in [5.41, 5.74) is 2.11. The molecule has 28 heavy (non-hydrogen) atoms. The van der Waals surface area contributed by atoms with Crippen LogP contribution in [0.4, 0.5) is 5.82 Å². The molecule has 10 heteroatoms. The molecule has 1 N–H and O–H groups in total. The zero-order chi connectivity index (χ0) is 19.7. The maximum absolute atomic E-state index is 12.2. The SMILES string of the molecule is [B]C([B])([B])n1cc(-c2ccc3cnc(NC(=O)CN4CCCC4)cc3n2)cn1. The van der Waals surface area contributed by atoms with E-state index in [2.05, 4.69) is 25.3 Å². The molecule has 1 saturated heterocycles. The summed E-state index contributed by atoms with van der Waals surface area (Å²) in [7, 11) is 16.9. The van der Waals surface area contributed by atoms with Crippen molar-refractivity contribution in [3.63, 3.8) is 0 Å². The fourth-order valence-electron chi connectivity index (χ4n) is 3.24. The van der Waals surface area contributed by atoms with Crippen LogP contribution in [0.15, 0.2) is 36.8 Å². The number of hydrogen-bond donors (Lipinski definition) is 1. The van der Waals surface area contributed by atoms with Crippen molar-refractivity contribution in [2.24, 2.45) is 0 Å². The molecule has 0 bridgehead atoms. The highest BCUT2D eigenvalue weighted by Gasteiger charge is 2.16. The van der Waals surface area contributed by atoms with E-state index in [0.717, 1.165) is 36.9 Å². The van der Waals surface area contributed by atoms with Gasteiger partial charge < -0.3 is 5.32 Å². The number of pyridine rings is 2. The maximum Gasteiger partial charge on any atom is 0.239 e. The molecule has 134 valence electrons. The molecule has 0 atom stereocenters. The number of fused-ring (bicyclic) bond motifs is 1. The van der Waals surface area contributed by atoms with Crippen LogP contribution in [0, 0.1) is 0 Å². The van der Waals surface area contributed by atoms with Gasteiger partial charge in [0.25, 0.3) is 0 Å². The first kappa shape index (κ1) is 18.7. The molecule has 0 saturated carbocycles. The highest BCUT2D eigenvalue weighted by molar-refractivity contribution is 6.56.